The fourth-order valence-corrected chi connectivity index (χ4v) is 3.19. The van der Waals surface area contributed by atoms with Crippen LogP contribution < -0.4 is 14.2 Å². The molecule has 2 heterocycles. The molecular weight excluding hydrogens is 296 g/mol. The van der Waals surface area contributed by atoms with Gasteiger partial charge in [-0.25, -0.2) is 0 Å². The molecule has 0 fully saturated rings. The number of benzene rings is 2. The van der Waals surface area contributed by atoms with E-state index >= 15 is 0 Å². The summed E-state index contributed by atoms with van der Waals surface area (Å²) in [4.78, 5) is 0. The van der Waals surface area contributed by atoms with Crippen molar-refractivity contribution < 1.29 is 24.4 Å². The van der Waals surface area contributed by atoms with Crippen molar-refractivity contribution >= 4 is 0 Å². The Hall–Kier alpha value is -2.56. The molecule has 0 aromatic heterocycles. The standard InChI is InChI=1S/C18H18O5/c1-10-9-22-18-15(23-10)7-5-13(20)17(18)16-11-3-2-8-21-14(11)6-4-12(16)19/h4-7,10,19-20H,2-3,8-9H2,1H3. The summed E-state index contributed by atoms with van der Waals surface area (Å²) in [6, 6.07) is 6.61. The largest absolute Gasteiger partial charge is 0.507 e. The Morgan fingerprint density at radius 1 is 0.957 bits per heavy atom. The summed E-state index contributed by atoms with van der Waals surface area (Å²) in [6.07, 6.45) is 1.59. The van der Waals surface area contributed by atoms with Crippen molar-refractivity contribution in [1.29, 1.82) is 0 Å². The summed E-state index contributed by atoms with van der Waals surface area (Å²) in [5, 5.41) is 20.9. The lowest BCUT2D eigenvalue weighted by Crippen LogP contribution is -2.26. The van der Waals surface area contributed by atoms with Gasteiger partial charge < -0.3 is 24.4 Å². The number of phenolic OH excluding ortho intramolecular Hbond substituents is 2. The van der Waals surface area contributed by atoms with E-state index in [1.165, 1.54) is 0 Å². The van der Waals surface area contributed by atoms with E-state index < -0.39 is 0 Å². The minimum absolute atomic E-state index is 0.0520. The van der Waals surface area contributed by atoms with E-state index in [1.807, 2.05) is 6.92 Å². The maximum Gasteiger partial charge on any atom is 0.173 e. The molecule has 1 unspecified atom stereocenters. The number of phenols is 2. The Morgan fingerprint density at radius 3 is 2.52 bits per heavy atom. The highest BCUT2D eigenvalue weighted by Crippen LogP contribution is 2.51. The number of ether oxygens (including phenoxy) is 3. The van der Waals surface area contributed by atoms with Crippen molar-refractivity contribution in [3.05, 3.63) is 29.8 Å². The molecule has 0 aliphatic carbocycles. The second-order valence-corrected chi connectivity index (χ2v) is 5.91. The summed E-state index contributed by atoms with van der Waals surface area (Å²) >= 11 is 0. The smallest absolute Gasteiger partial charge is 0.173 e. The lowest BCUT2D eigenvalue weighted by molar-refractivity contribution is 0.104. The van der Waals surface area contributed by atoms with Crippen LogP contribution in [0.3, 0.4) is 0 Å². The molecule has 2 aromatic carbocycles. The molecule has 2 N–H and O–H groups in total. The van der Waals surface area contributed by atoms with Crippen molar-refractivity contribution in [2.24, 2.45) is 0 Å². The molecule has 23 heavy (non-hydrogen) atoms. The Kier molecular flexibility index (Phi) is 3.22. The normalized spacial score (nSPS) is 18.9. The van der Waals surface area contributed by atoms with Gasteiger partial charge >= 0.3 is 0 Å². The van der Waals surface area contributed by atoms with Crippen LogP contribution >= 0.6 is 0 Å². The van der Waals surface area contributed by atoms with Crippen molar-refractivity contribution in [1.82, 2.24) is 0 Å². The SMILES string of the molecule is CC1COc2c(ccc(O)c2-c2c(O)ccc3c2CCCO3)O1. The average molecular weight is 314 g/mol. The molecule has 0 radical (unpaired) electrons. The molecule has 0 amide bonds. The fourth-order valence-electron chi connectivity index (χ4n) is 3.19. The van der Waals surface area contributed by atoms with E-state index in [0.717, 1.165) is 24.2 Å². The molecule has 0 saturated heterocycles. The van der Waals surface area contributed by atoms with Gasteiger partial charge in [-0.05, 0) is 44.0 Å². The lowest BCUT2D eigenvalue weighted by Gasteiger charge is -2.28. The van der Waals surface area contributed by atoms with E-state index in [4.69, 9.17) is 14.2 Å². The zero-order valence-electron chi connectivity index (χ0n) is 12.8. The third-order valence-electron chi connectivity index (χ3n) is 4.22. The monoisotopic (exact) mass is 314 g/mol. The molecule has 2 aliphatic heterocycles. The number of hydrogen-bond acceptors (Lipinski definition) is 5. The third-order valence-corrected chi connectivity index (χ3v) is 4.22. The highest BCUT2D eigenvalue weighted by Gasteiger charge is 2.28. The Balaban J connectivity index is 1.97. The van der Waals surface area contributed by atoms with E-state index in [2.05, 4.69) is 0 Å². The molecule has 5 nitrogen and oxygen atoms in total. The molecule has 0 saturated carbocycles. The summed E-state index contributed by atoms with van der Waals surface area (Å²) in [6.45, 7) is 2.98. The van der Waals surface area contributed by atoms with Crippen molar-refractivity contribution in [2.45, 2.75) is 25.9 Å². The molecule has 5 heteroatoms. The minimum Gasteiger partial charge on any atom is -0.507 e. The summed E-state index contributed by atoms with van der Waals surface area (Å²) < 4.78 is 17.3. The van der Waals surface area contributed by atoms with Gasteiger partial charge in [0.05, 0.1) is 12.2 Å². The second kappa shape index (κ2) is 5.26. The topological polar surface area (TPSA) is 68.2 Å². The van der Waals surface area contributed by atoms with E-state index in [1.54, 1.807) is 24.3 Å². The summed E-state index contributed by atoms with van der Waals surface area (Å²) in [5.74, 6) is 1.94. The molecule has 1 atom stereocenters. The predicted molar refractivity (Wildman–Crippen MR) is 84.6 cm³/mol. The zero-order chi connectivity index (χ0) is 16.0. The first-order valence-corrected chi connectivity index (χ1v) is 7.78. The van der Waals surface area contributed by atoms with Crippen LogP contribution in [0.2, 0.25) is 0 Å². The molecular formula is C18H18O5. The van der Waals surface area contributed by atoms with Gasteiger partial charge in [-0.15, -0.1) is 0 Å². The molecule has 2 aromatic rings. The zero-order valence-corrected chi connectivity index (χ0v) is 12.8. The van der Waals surface area contributed by atoms with Gasteiger partial charge in [-0.3, -0.25) is 0 Å². The Labute approximate surface area is 134 Å². The molecule has 4 rings (SSSR count). The highest BCUT2D eigenvalue weighted by atomic mass is 16.6. The predicted octanol–water partition coefficient (Wildman–Crippen LogP) is 3.25. The van der Waals surface area contributed by atoms with Gasteiger partial charge in [0, 0.05) is 11.1 Å². The first-order chi connectivity index (χ1) is 11.1. The first-order valence-electron chi connectivity index (χ1n) is 7.78. The molecule has 2 aliphatic rings. The summed E-state index contributed by atoms with van der Waals surface area (Å²) in [7, 11) is 0. The average Bonchev–Trinajstić information content (AvgIpc) is 2.56. The van der Waals surface area contributed by atoms with Gasteiger partial charge in [-0.2, -0.15) is 0 Å². The number of rotatable bonds is 1. The molecule has 0 bridgehead atoms. The number of fused-ring (bicyclic) bond motifs is 2. The lowest BCUT2D eigenvalue weighted by atomic mass is 9.92. The van der Waals surface area contributed by atoms with Crippen molar-refractivity contribution in [3.63, 3.8) is 0 Å². The van der Waals surface area contributed by atoms with Crippen molar-refractivity contribution in [3.8, 4) is 39.9 Å². The van der Waals surface area contributed by atoms with Crippen LogP contribution in [0.15, 0.2) is 24.3 Å². The Bertz CT molecular complexity index is 768. The quantitative estimate of drug-likeness (QED) is 0.845. The fraction of sp³-hybridized carbons (Fsp3) is 0.333. The molecule has 120 valence electrons. The van der Waals surface area contributed by atoms with Crippen LogP contribution in [0.25, 0.3) is 11.1 Å². The van der Waals surface area contributed by atoms with Crippen LogP contribution in [-0.4, -0.2) is 29.5 Å². The third kappa shape index (κ3) is 2.23. The first kappa shape index (κ1) is 14.1. The highest BCUT2D eigenvalue weighted by molar-refractivity contribution is 5.86. The van der Waals surface area contributed by atoms with E-state index in [-0.39, 0.29) is 17.6 Å². The summed E-state index contributed by atoms with van der Waals surface area (Å²) in [5.41, 5.74) is 1.92. The van der Waals surface area contributed by atoms with Crippen LogP contribution in [0.4, 0.5) is 0 Å². The van der Waals surface area contributed by atoms with Crippen LogP contribution in [0.5, 0.6) is 28.7 Å². The maximum absolute atomic E-state index is 10.4. The number of aromatic hydroxyl groups is 2. The van der Waals surface area contributed by atoms with Gasteiger partial charge in [0.25, 0.3) is 0 Å². The van der Waals surface area contributed by atoms with Crippen molar-refractivity contribution in [2.75, 3.05) is 13.2 Å². The minimum atomic E-state index is -0.0542. The second-order valence-electron chi connectivity index (χ2n) is 5.91. The van der Waals surface area contributed by atoms with Crippen LogP contribution in [0.1, 0.15) is 18.9 Å². The van der Waals surface area contributed by atoms with Gasteiger partial charge in [0.15, 0.2) is 11.5 Å². The Morgan fingerprint density at radius 2 is 1.70 bits per heavy atom. The maximum atomic E-state index is 10.4. The van der Waals surface area contributed by atoms with E-state index in [9.17, 15) is 10.2 Å². The number of hydrogen-bond donors (Lipinski definition) is 2. The molecule has 0 spiro atoms. The van der Waals surface area contributed by atoms with Gasteiger partial charge in [-0.1, -0.05) is 0 Å². The van der Waals surface area contributed by atoms with E-state index in [0.29, 0.717) is 35.8 Å². The van der Waals surface area contributed by atoms with Gasteiger partial charge in [0.2, 0.25) is 0 Å². The van der Waals surface area contributed by atoms with Crippen LogP contribution in [0, 0.1) is 0 Å². The van der Waals surface area contributed by atoms with Crippen LogP contribution in [-0.2, 0) is 6.42 Å². The van der Waals surface area contributed by atoms with Gasteiger partial charge in [0.1, 0.15) is 30.0 Å².